The maximum absolute atomic E-state index is 9.43. The van der Waals surface area contributed by atoms with Crippen LogP contribution in [-0.2, 0) is 0 Å². The summed E-state index contributed by atoms with van der Waals surface area (Å²) in [6.07, 6.45) is 0.362. The summed E-state index contributed by atoms with van der Waals surface area (Å²) in [6.45, 7) is 3.85. The van der Waals surface area contributed by atoms with Crippen molar-refractivity contribution in [3.63, 3.8) is 0 Å². The molecule has 3 heteroatoms. The molecule has 0 bridgehead atoms. The third-order valence-corrected chi connectivity index (χ3v) is 2.65. The van der Waals surface area contributed by atoms with E-state index in [1.165, 1.54) is 0 Å². The number of ether oxygens (including phenoxy) is 2. The predicted molar refractivity (Wildman–Crippen MR) is 64.3 cm³/mol. The van der Waals surface area contributed by atoms with Crippen molar-refractivity contribution in [2.24, 2.45) is 0 Å². The molecule has 3 nitrogen and oxygen atoms in total. The summed E-state index contributed by atoms with van der Waals surface area (Å²) >= 11 is 0. The Bertz CT molecular complexity index is 312. The molecule has 1 aromatic rings. The van der Waals surface area contributed by atoms with Crippen molar-refractivity contribution in [1.82, 2.24) is 0 Å². The van der Waals surface area contributed by atoms with Crippen LogP contribution in [0.1, 0.15) is 31.7 Å². The van der Waals surface area contributed by atoms with E-state index < -0.39 is 0 Å². The highest BCUT2D eigenvalue weighted by molar-refractivity contribution is 5.47. The molecular formula is C13H20O3. The lowest BCUT2D eigenvalue weighted by Gasteiger charge is -2.19. The molecule has 1 rings (SSSR count). The molecule has 0 radical (unpaired) electrons. The first-order valence-corrected chi connectivity index (χ1v) is 5.49. The Morgan fingerprint density at radius 1 is 1.12 bits per heavy atom. The lowest BCUT2D eigenvalue weighted by molar-refractivity contribution is 0.175. The Balaban J connectivity index is 3.07. The van der Waals surface area contributed by atoms with Gasteiger partial charge in [-0.2, -0.15) is 0 Å². The molecule has 0 saturated carbocycles. The highest BCUT2D eigenvalue weighted by atomic mass is 16.5. The van der Waals surface area contributed by atoms with Crippen molar-refractivity contribution < 1.29 is 14.6 Å². The van der Waals surface area contributed by atoms with Gasteiger partial charge in [0.05, 0.1) is 20.3 Å². The minimum absolute atomic E-state index is 0.200. The summed E-state index contributed by atoms with van der Waals surface area (Å²) in [7, 11) is 3.29. The van der Waals surface area contributed by atoms with E-state index >= 15 is 0 Å². The van der Waals surface area contributed by atoms with Crippen LogP contribution in [0.5, 0.6) is 11.5 Å². The second kappa shape index (κ2) is 5.75. The molecule has 0 amide bonds. The summed E-state index contributed by atoms with van der Waals surface area (Å²) in [5.41, 5.74) is 1.02. The van der Waals surface area contributed by atoms with E-state index in [4.69, 9.17) is 9.47 Å². The zero-order valence-corrected chi connectivity index (χ0v) is 10.4. The van der Waals surface area contributed by atoms with Gasteiger partial charge in [0, 0.05) is 5.56 Å². The number of methoxy groups -OCH3 is 2. The normalized spacial score (nSPS) is 14.3. The molecule has 90 valence electrons. The summed E-state index contributed by atoms with van der Waals surface area (Å²) < 4.78 is 10.7. The SMILES string of the molecule is COc1cccc(OC)c1C(C)CC(C)O. The lowest BCUT2D eigenvalue weighted by Crippen LogP contribution is -2.08. The molecule has 0 aliphatic heterocycles. The first-order chi connectivity index (χ1) is 7.60. The zero-order chi connectivity index (χ0) is 12.1. The first kappa shape index (κ1) is 12.8. The van der Waals surface area contributed by atoms with Crippen LogP contribution < -0.4 is 9.47 Å². The van der Waals surface area contributed by atoms with E-state index in [1.807, 2.05) is 18.2 Å². The predicted octanol–water partition coefficient (Wildman–Crippen LogP) is 2.58. The fraction of sp³-hybridized carbons (Fsp3) is 0.538. The minimum atomic E-state index is -0.329. The van der Waals surface area contributed by atoms with Crippen LogP contribution in [0.2, 0.25) is 0 Å². The maximum Gasteiger partial charge on any atom is 0.126 e. The number of aliphatic hydroxyl groups excluding tert-OH is 1. The van der Waals surface area contributed by atoms with Crippen molar-refractivity contribution in [2.45, 2.75) is 32.3 Å². The molecule has 0 fully saturated rings. The van der Waals surface area contributed by atoms with Crippen LogP contribution in [0.3, 0.4) is 0 Å². The number of aliphatic hydroxyl groups is 1. The number of hydrogen-bond donors (Lipinski definition) is 1. The summed E-state index contributed by atoms with van der Waals surface area (Å²) in [5, 5.41) is 9.43. The van der Waals surface area contributed by atoms with E-state index in [2.05, 4.69) is 6.92 Å². The van der Waals surface area contributed by atoms with E-state index in [0.29, 0.717) is 6.42 Å². The zero-order valence-electron chi connectivity index (χ0n) is 10.4. The molecule has 0 aromatic heterocycles. The van der Waals surface area contributed by atoms with Gasteiger partial charge in [-0.1, -0.05) is 13.0 Å². The van der Waals surface area contributed by atoms with Crippen molar-refractivity contribution in [1.29, 1.82) is 0 Å². The van der Waals surface area contributed by atoms with Crippen LogP contribution in [-0.4, -0.2) is 25.4 Å². The van der Waals surface area contributed by atoms with E-state index in [0.717, 1.165) is 17.1 Å². The average Bonchev–Trinajstić information content (AvgIpc) is 2.26. The van der Waals surface area contributed by atoms with E-state index in [-0.39, 0.29) is 12.0 Å². The molecule has 0 heterocycles. The molecular weight excluding hydrogens is 204 g/mol. The van der Waals surface area contributed by atoms with Crippen LogP contribution in [0.25, 0.3) is 0 Å². The van der Waals surface area contributed by atoms with E-state index in [9.17, 15) is 5.11 Å². The Morgan fingerprint density at radius 3 is 2.00 bits per heavy atom. The third-order valence-electron chi connectivity index (χ3n) is 2.65. The van der Waals surface area contributed by atoms with Crippen LogP contribution in [0.15, 0.2) is 18.2 Å². The van der Waals surface area contributed by atoms with Gasteiger partial charge in [0.15, 0.2) is 0 Å². The second-order valence-corrected chi connectivity index (χ2v) is 4.06. The van der Waals surface area contributed by atoms with Gasteiger partial charge in [-0.15, -0.1) is 0 Å². The van der Waals surface area contributed by atoms with Crippen LogP contribution in [0, 0.1) is 0 Å². The molecule has 1 N–H and O–H groups in total. The molecule has 2 atom stereocenters. The van der Waals surface area contributed by atoms with Gasteiger partial charge in [0.25, 0.3) is 0 Å². The van der Waals surface area contributed by atoms with Gasteiger partial charge in [0.2, 0.25) is 0 Å². The first-order valence-electron chi connectivity index (χ1n) is 5.49. The topological polar surface area (TPSA) is 38.7 Å². The summed E-state index contributed by atoms with van der Waals surface area (Å²) in [6, 6.07) is 5.73. The lowest BCUT2D eigenvalue weighted by atomic mass is 9.93. The fourth-order valence-corrected chi connectivity index (χ4v) is 2.00. The number of benzene rings is 1. The fourth-order valence-electron chi connectivity index (χ4n) is 2.00. The Kier molecular flexibility index (Phi) is 4.62. The Labute approximate surface area is 97.0 Å². The molecule has 2 unspecified atom stereocenters. The van der Waals surface area contributed by atoms with Crippen molar-refractivity contribution >= 4 is 0 Å². The van der Waals surface area contributed by atoms with Gasteiger partial charge in [-0.25, -0.2) is 0 Å². The van der Waals surface area contributed by atoms with Gasteiger partial charge in [-0.05, 0) is 31.4 Å². The quantitative estimate of drug-likeness (QED) is 0.835. The highest BCUT2D eigenvalue weighted by Gasteiger charge is 2.18. The van der Waals surface area contributed by atoms with Gasteiger partial charge in [0.1, 0.15) is 11.5 Å². The van der Waals surface area contributed by atoms with Crippen LogP contribution in [0.4, 0.5) is 0 Å². The molecule has 0 saturated heterocycles. The average molecular weight is 224 g/mol. The van der Waals surface area contributed by atoms with Crippen molar-refractivity contribution in [3.05, 3.63) is 23.8 Å². The Morgan fingerprint density at radius 2 is 1.62 bits per heavy atom. The minimum Gasteiger partial charge on any atom is -0.496 e. The largest absolute Gasteiger partial charge is 0.496 e. The second-order valence-electron chi connectivity index (χ2n) is 4.06. The van der Waals surface area contributed by atoms with Gasteiger partial charge >= 0.3 is 0 Å². The number of rotatable bonds is 5. The van der Waals surface area contributed by atoms with Crippen LogP contribution >= 0.6 is 0 Å². The molecule has 0 aliphatic carbocycles. The molecule has 0 aliphatic rings. The highest BCUT2D eigenvalue weighted by Crippen LogP contribution is 2.36. The third kappa shape index (κ3) is 2.89. The summed E-state index contributed by atoms with van der Waals surface area (Å²) in [4.78, 5) is 0. The van der Waals surface area contributed by atoms with Crippen molar-refractivity contribution in [2.75, 3.05) is 14.2 Å². The van der Waals surface area contributed by atoms with E-state index in [1.54, 1.807) is 21.1 Å². The summed E-state index contributed by atoms with van der Waals surface area (Å²) in [5.74, 6) is 1.83. The smallest absolute Gasteiger partial charge is 0.126 e. The number of hydrogen-bond acceptors (Lipinski definition) is 3. The Hall–Kier alpha value is -1.22. The molecule has 16 heavy (non-hydrogen) atoms. The monoisotopic (exact) mass is 224 g/mol. The standard InChI is InChI=1S/C13H20O3/c1-9(8-10(2)14)13-11(15-3)6-5-7-12(13)16-4/h5-7,9-10,14H,8H2,1-4H3. The van der Waals surface area contributed by atoms with Gasteiger partial charge < -0.3 is 14.6 Å². The maximum atomic E-state index is 9.43. The van der Waals surface area contributed by atoms with Gasteiger partial charge in [-0.3, -0.25) is 0 Å². The molecule has 0 spiro atoms. The molecule has 1 aromatic carbocycles. The van der Waals surface area contributed by atoms with Crippen molar-refractivity contribution in [3.8, 4) is 11.5 Å².